The molecule has 5 rings (SSSR count). The van der Waals surface area contributed by atoms with E-state index in [1.807, 2.05) is 0 Å². The lowest BCUT2D eigenvalue weighted by Gasteiger charge is -2.24. The number of rotatable bonds is 5. The molecule has 0 radical (unpaired) electrons. The van der Waals surface area contributed by atoms with Crippen LogP contribution in [0.5, 0.6) is 0 Å². The molecule has 3 heterocycles. The van der Waals surface area contributed by atoms with E-state index >= 15 is 0 Å². The van der Waals surface area contributed by atoms with Gasteiger partial charge in [-0.2, -0.15) is 4.98 Å². The van der Waals surface area contributed by atoms with Crippen LogP contribution in [0.3, 0.4) is 0 Å². The van der Waals surface area contributed by atoms with Crippen LogP contribution in [0.1, 0.15) is 37.7 Å². The smallest absolute Gasteiger partial charge is 0.225 e. The second-order valence-corrected chi connectivity index (χ2v) is 8.64. The summed E-state index contributed by atoms with van der Waals surface area (Å²) < 4.78 is 0. The van der Waals surface area contributed by atoms with E-state index in [2.05, 4.69) is 69.7 Å². The Kier molecular flexibility index (Phi) is 5.80. The van der Waals surface area contributed by atoms with E-state index in [9.17, 15) is 0 Å². The van der Waals surface area contributed by atoms with Crippen LogP contribution in [0.15, 0.2) is 54.6 Å². The SMILES string of the molecule is c1ccc(CN2CC[C@@H](Nc3nc(N4CCCCCC4)c4ccccc4n3)C2)cc1. The van der Waals surface area contributed by atoms with Crippen LogP contribution in [0.25, 0.3) is 10.9 Å². The van der Waals surface area contributed by atoms with Crippen molar-refractivity contribution < 1.29 is 0 Å². The molecule has 5 heteroatoms. The number of hydrogen-bond acceptors (Lipinski definition) is 5. The molecule has 2 aliphatic rings. The molecule has 3 aromatic rings. The zero-order chi connectivity index (χ0) is 20.2. The summed E-state index contributed by atoms with van der Waals surface area (Å²) in [6.45, 7) is 5.34. The summed E-state index contributed by atoms with van der Waals surface area (Å²) >= 11 is 0. The fraction of sp³-hybridized carbons (Fsp3) is 0.440. The highest BCUT2D eigenvalue weighted by Crippen LogP contribution is 2.28. The predicted octanol–water partition coefficient (Wildman–Crippen LogP) is 4.70. The van der Waals surface area contributed by atoms with Crippen molar-refractivity contribution >= 4 is 22.7 Å². The number of anilines is 2. The number of nitrogens with one attached hydrogen (secondary N) is 1. The lowest BCUT2D eigenvalue weighted by molar-refractivity contribution is 0.328. The number of likely N-dealkylation sites (tertiary alicyclic amines) is 1. The third kappa shape index (κ3) is 4.41. The van der Waals surface area contributed by atoms with Crippen LogP contribution in [0, 0.1) is 0 Å². The Morgan fingerprint density at radius 3 is 2.43 bits per heavy atom. The first-order valence-electron chi connectivity index (χ1n) is 11.4. The largest absolute Gasteiger partial charge is 0.356 e. The topological polar surface area (TPSA) is 44.3 Å². The summed E-state index contributed by atoms with van der Waals surface area (Å²) in [6, 6.07) is 19.6. The van der Waals surface area contributed by atoms with Crippen LogP contribution in [0.2, 0.25) is 0 Å². The molecule has 1 N–H and O–H groups in total. The first-order chi connectivity index (χ1) is 14.8. The van der Waals surface area contributed by atoms with Gasteiger partial charge in [-0.25, -0.2) is 4.98 Å². The monoisotopic (exact) mass is 401 g/mol. The van der Waals surface area contributed by atoms with Gasteiger partial charge in [0.15, 0.2) is 0 Å². The number of fused-ring (bicyclic) bond motifs is 1. The van der Waals surface area contributed by atoms with Crippen molar-refractivity contribution in [2.75, 3.05) is 36.4 Å². The molecule has 0 aliphatic carbocycles. The second-order valence-electron chi connectivity index (χ2n) is 8.64. The molecule has 0 amide bonds. The normalized spacial score (nSPS) is 20.4. The average Bonchev–Trinajstić information content (AvgIpc) is 3.04. The third-order valence-corrected chi connectivity index (χ3v) is 6.34. The summed E-state index contributed by atoms with van der Waals surface area (Å²) in [5, 5.41) is 4.82. The van der Waals surface area contributed by atoms with Gasteiger partial charge in [0, 0.05) is 44.2 Å². The minimum Gasteiger partial charge on any atom is -0.356 e. The highest BCUT2D eigenvalue weighted by atomic mass is 15.3. The van der Waals surface area contributed by atoms with E-state index in [-0.39, 0.29) is 0 Å². The maximum absolute atomic E-state index is 5.02. The molecule has 1 atom stereocenters. The summed E-state index contributed by atoms with van der Waals surface area (Å²) in [4.78, 5) is 14.9. The average molecular weight is 402 g/mol. The highest BCUT2D eigenvalue weighted by molar-refractivity contribution is 5.90. The molecular weight excluding hydrogens is 370 g/mol. The molecule has 2 aromatic carbocycles. The predicted molar refractivity (Wildman–Crippen MR) is 124 cm³/mol. The lowest BCUT2D eigenvalue weighted by Crippen LogP contribution is -2.28. The number of nitrogens with zero attached hydrogens (tertiary/aromatic N) is 4. The third-order valence-electron chi connectivity index (χ3n) is 6.34. The summed E-state index contributed by atoms with van der Waals surface area (Å²) in [5.41, 5.74) is 2.41. The van der Waals surface area contributed by atoms with Gasteiger partial charge in [0.2, 0.25) is 5.95 Å². The van der Waals surface area contributed by atoms with Gasteiger partial charge in [0.05, 0.1) is 5.52 Å². The van der Waals surface area contributed by atoms with Crippen molar-refractivity contribution in [3.8, 4) is 0 Å². The maximum atomic E-state index is 5.02. The van der Waals surface area contributed by atoms with Crippen molar-refractivity contribution in [1.29, 1.82) is 0 Å². The standard InChI is InChI=1S/C25H31N5/c1-2-9-16-30(15-8-1)24-22-12-6-7-13-23(22)27-25(28-24)26-21-14-17-29(19-21)18-20-10-4-3-5-11-20/h3-7,10-13,21H,1-2,8-9,14-19H2,(H,26,27,28)/t21-/m1/s1. The second kappa shape index (κ2) is 9.00. The van der Waals surface area contributed by atoms with Gasteiger partial charge in [-0.15, -0.1) is 0 Å². The Bertz CT molecular complexity index is 966. The Morgan fingerprint density at radius 1 is 0.833 bits per heavy atom. The van der Waals surface area contributed by atoms with Crippen molar-refractivity contribution in [2.45, 2.75) is 44.7 Å². The molecule has 0 spiro atoms. The van der Waals surface area contributed by atoms with Crippen LogP contribution in [-0.2, 0) is 6.54 Å². The molecule has 0 saturated carbocycles. The number of hydrogen-bond donors (Lipinski definition) is 1. The quantitative estimate of drug-likeness (QED) is 0.672. The lowest BCUT2D eigenvalue weighted by atomic mass is 10.2. The van der Waals surface area contributed by atoms with Gasteiger partial charge in [-0.3, -0.25) is 4.90 Å². The number of aromatic nitrogens is 2. The van der Waals surface area contributed by atoms with Gasteiger partial charge >= 0.3 is 0 Å². The summed E-state index contributed by atoms with van der Waals surface area (Å²) in [7, 11) is 0. The Balaban J connectivity index is 1.33. The Hall–Kier alpha value is -2.66. The highest BCUT2D eigenvalue weighted by Gasteiger charge is 2.24. The van der Waals surface area contributed by atoms with Gasteiger partial charge in [-0.05, 0) is 37.0 Å². The van der Waals surface area contributed by atoms with E-state index in [1.54, 1.807) is 0 Å². The molecule has 2 saturated heterocycles. The molecule has 0 unspecified atom stereocenters. The Labute approximate surface area is 179 Å². The van der Waals surface area contributed by atoms with Gasteiger partial charge in [-0.1, -0.05) is 55.3 Å². The van der Waals surface area contributed by atoms with Crippen LogP contribution in [0.4, 0.5) is 11.8 Å². The van der Waals surface area contributed by atoms with Gasteiger partial charge < -0.3 is 10.2 Å². The van der Waals surface area contributed by atoms with Crippen molar-refractivity contribution in [3.05, 3.63) is 60.2 Å². The Morgan fingerprint density at radius 2 is 1.60 bits per heavy atom. The van der Waals surface area contributed by atoms with Gasteiger partial charge in [0.25, 0.3) is 0 Å². The number of para-hydroxylation sites is 1. The molecule has 2 aliphatic heterocycles. The molecular formula is C25H31N5. The first kappa shape index (κ1) is 19.3. The summed E-state index contributed by atoms with van der Waals surface area (Å²) in [5.74, 6) is 1.88. The molecule has 156 valence electrons. The molecule has 5 nitrogen and oxygen atoms in total. The number of benzene rings is 2. The van der Waals surface area contributed by atoms with E-state index in [1.165, 1.54) is 36.6 Å². The maximum Gasteiger partial charge on any atom is 0.225 e. The fourth-order valence-corrected chi connectivity index (χ4v) is 4.77. The fourth-order valence-electron chi connectivity index (χ4n) is 4.77. The minimum absolute atomic E-state index is 0.395. The molecule has 0 bridgehead atoms. The van der Waals surface area contributed by atoms with E-state index in [4.69, 9.17) is 9.97 Å². The summed E-state index contributed by atoms with van der Waals surface area (Å²) in [6.07, 6.45) is 6.27. The van der Waals surface area contributed by atoms with Crippen molar-refractivity contribution in [2.24, 2.45) is 0 Å². The molecule has 30 heavy (non-hydrogen) atoms. The zero-order valence-electron chi connectivity index (χ0n) is 17.6. The molecule has 2 fully saturated rings. The van der Waals surface area contributed by atoms with Crippen LogP contribution < -0.4 is 10.2 Å². The van der Waals surface area contributed by atoms with Crippen LogP contribution >= 0.6 is 0 Å². The van der Waals surface area contributed by atoms with E-state index in [0.29, 0.717) is 6.04 Å². The van der Waals surface area contributed by atoms with Crippen molar-refractivity contribution in [3.63, 3.8) is 0 Å². The first-order valence-corrected chi connectivity index (χ1v) is 11.4. The minimum atomic E-state index is 0.395. The van der Waals surface area contributed by atoms with Crippen LogP contribution in [-0.4, -0.2) is 47.1 Å². The van der Waals surface area contributed by atoms with Crippen molar-refractivity contribution in [1.82, 2.24) is 14.9 Å². The molecule has 1 aromatic heterocycles. The van der Waals surface area contributed by atoms with E-state index in [0.717, 1.165) is 56.4 Å². The van der Waals surface area contributed by atoms with E-state index < -0.39 is 0 Å². The zero-order valence-corrected chi connectivity index (χ0v) is 17.6. The van der Waals surface area contributed by atoms with Gasteiger partial charge in [0.1, 0.15) is 5.82 Å².